The van der Waals surface area contributed by atoms with Crippen LogP contribution in [0.5, 0.6) is 0 Å². The molecule has 2 aromatic heterocycles. The number of hydrogen-bond donors (Lipinski definition) is 1. The van der Waals surface area contributed by atoms with Gasteiger partial charge in [0.2, 0.25) is 0 Å². The average molecular weight is 238 g/mol. The van der Waals surface area contributed by atoms with E-state index in [1.165, 1.54) is 0 Å². The van der Waals surface area contributed by atoms with Crippen molar-refractivity contribution in [1.82, 2.24) is 15.0 Å². The number of rotatable bonds is 2. The number of nitrogens with two attached hydrogens (primary N) is 1. The Labute approximate surface area is 95.5 Å². The van der Waals surface area contributed by atoms with E-state index in [4.69, 9.17) is 5.73 Å². The average Bonchev–Trinajstić information content (AvgIpc) is 2.17. The molecule has 0 aromatic carbocycles. The number of pyridine rings is 1. The van der Waals surface area contributed by atoms with Crippen molar-refractivity contribution in [2.45, 2.75) is 11.8 Å². The molecule has 2 aromatic rings. The molecule has 0 aliphatic carbocycles. The van der Waals surface area contributed by atoms with Gasteiger partial charge in [0.25, 0.3) is 0 Å². The monoisotopic (exact) mass is 238 g/mol. The Morgan fingerprint density at radius 2 is 2.13 bits per heavy atom. The quantitative estimate of drug-likeness (QED) is 0.810. The van der Waals surface area contributed by atoms with Gasteiger partial charge in [-0.2, -0.15) is 0 Å². The number of fused-ring (bicyclic) bond motifs is 1. The van der Waals surface area contributed by atoms with Crippen molar-refractivity contribution >= 4 is 38.4 Å². The van der Waals surface area contributed by atoms with Crippen LogP contribution in [0.1, 0.15) is 5.82 Å². The van der Waals surface area contributed by atoms with Crippen molar-refractivity contribution in [1.29, 1.82) is 0 Å². The zero-order valence-electron chi connectivity index (χ0n) is 8.39. The van der Waals surface area contributed by atoms with Crippen molar-refractivity contribution in [3.05, 3.63) is 18.1 Å². The number of aromatic nitrogens is 3. The molecular weight excluding hydrogens is 228 g/mol. The maximum absolute atomic E-state index is 5.76. The molecule has 2 N–H and O–H groups in total. The summed E-state index contributed by atoms with van der Waals surface area (Å²) in [4.78, 5) is 13.7. The second kappa shape index (κ2) is 4.24. The SMILES string of the molecule is CSSc1cnc2c(N)nc(C)nc2c1. The molecule has 0 amide bonds. The van der Waals surface area contributed by atoms with E-state index in [0.717, 1.165) is 10.4 Å². The summed E-state index contributed by atoms with van der Waals surface area (Å²) < 4.78 is 0. The predicted molar refractivity (Wildman–Crippen MR) is 65.9 cm³/mol. The Hall–Kier alpha value is -1.01. The largest absolute Gasteiger partial charge is 0.382 e. The third-order valence-electron chi connectivity index (χ3n) is 1.83. The second-order valence-electron chi connectivity index (χ2n) is 2.94. The van der Waals surface area contributed by atoms with Crippen LogP contribution in [-0.4, -0.2) is 21.2 Å². The van der Waals surface area contributed by atoms with Crippen molar-refractivity contribution < 1.29 is 0 Å². The standard InChI is InChI=1S/C9H10N4S2/c1-5-12-7-3-6(15-14-2)4-11-8(7)9(10)13-5/h3-4H,1-2H3,(H2,10,12,13). The fourth-order valence-electron chi connectivity index (χ4n) is 1.29. The van der Waals surface area contributed by atoms with Crippen LogP contribution in [0, 0.1) is 6.92 Å². The summed E-state index contributed by atoms with van der Waals surface area (Å²) in [5, 5.41) is 0. The maximum Gasteiger partial charge on any atom is 0.153 e. The highest BCUT2D eigenvalue weighted by molar-refractivity contribution is 8.76. The van der Waals surface area contributed by atoms with Crippen molar-refractivity contribution in [3.63, 3.8) is 0 Å². The maximum atomic E-state index is 5.76. The first-order valence-corrected chi connectivity index (χ1v) is 6.87. The molecule has 15 heavy (non-hydrogen) atoms. The van der Waals surface area contributed by atoms with Crippen LogP contribution in [0.3, 0.4) is 0 Å². The Morgan fingerprint density at radius 3 is 2.87 bits per heavy atom. The molecule has 0 saturated heterocycles. The molecule has 4 nitrogen and oxygen atoms in total. The van der Waals surface area contributed by atoms with E-state index in [1.54, 1.807) is 27.8 Å². The smallest absolute Gasteiger partial charge is 0.153 e. The summed E-state index contributed by atoms with van der Waals surface area (Å²) in [6.07, 6.45) is 3.81. The summed E-state index contributed by atoms with van der Waals surface area (Å²) in [5.41, 5.74) is 7.23. The third-order valence-corrected chi connectivity index (χ3v) is 3.49. The predicted octanol–water partition coefficient (Wildman–Crippen LogP) is 2.29. The Balaban J connectivity index is 2.60. The fourth-order valence-corrected chi connectivity index (χ4v) is 2.58. The Kier molecular flexibility index (Phi) is 2.97. The Morgan fingerprint density at radius 1 is 1.33 bits per heavy atom. The van der Waals surface area contributed by atoms with E-state index in [1.807, 2.05) is 19.2 Å². The molecule has 0 spiro atoms. The lowest BCUT2D eigenvalue weighted by Crippen LogP contribution is -1.98. The van der Waals surface area contributed by atoms with Crippen LogP contribution in [0.25, 0.3) is 11.0 Å². The first-order valence-electron chi connectivity index (χ1n) is 4.31. The van der Waals surface area contributed by atoms with Gasteiger partial charge < -0.3 is 5.73 Å². The van der Waals surface area contributed by atoms with Crippen LogP contribution >= 0.6 is 21.6 Å². The number of nitrogens with zero attached hydrogens (tertiary/aromatic N) is 3. The van der Waals surface area contributed by atoms with Gasteiger partial charge in [-0.15, -0.1) is 0 Å². The van der Waals surface area contributed by atoms with Crippen LogP contribution < -0.4 is 5.73 Å². The van der Waals surface area contributed by atoms with E-state index in [9.17, 15) is 0 Å². The third kappa shape index (κ3) is 2.15. The summed E-state index contributed by atoms with van der Waals surface area (Å²) in [7, 11) is 3.33. The highest BCUT2D eigenvalue weighted by Gasteiger charge is 2.05. The minimum Gasteiger partial charge on any atom is -0.382 e. The lowest BCUT2D eigenvalue weighted by Gasteiger charge is -2.03. The molecule has 0 radical (unpaired) electrons. The lowest BCUT2D eigenvalue weighted by atomic mass is 10.3. The van der Waals surface area contributed by atoms with Crippen molar-refractivity contribution in [3.8, 4) is 0 Å². The number of nitrogen functional groups attached to an aromatic ring is 1. The molecule has 0 unspecified atom stereocenters. The van der Waals surface area contributed by atoms with Crippen LogP contribution in [0.2, 0.25) is 0 Å². The molecule has 0 atom stereocenters. The van der Waals surface area contributed by atoms with Gasteiger partial charge in [0, 0.05) is 11.1 Å². The highest BCUT2D eigenvalue weighted by Crippen LogP contribution is 2.29. The zero-order valence-corrected chi connectivity index (χ0v) is 10.0. The zero-order chi connectivity index (χ0) is 10.8. The highest BCUT2D eigenvalue weighted by atomic mass is 33.1. The Bertz CT molecular complexity index is 501. The van der Waals surface area contributed by atoms with Gasteiger partial charge in [-0.25, -0.2) is 15.0 Å². The van der Waals surface area contributed by atoms with E-state index in [-0.39, 0.29) is 0 Å². The molecule has 78 valence electrons. The molecular formula is C9H10N4S2. The molecule has 0 aliphatic heterocycles. The molecule has 0 fully saturated rings. The van der Waals surface area contributed by atoms with Crippen LogP contribution in [-0.2, 0) is 0 Å². The topological polar surface area (TPSA) is 64.7 Å². The summed E-state index contributed by atoms with van der Waals surface area (Å²) in [5.74, 6) is 1.12. The van der Waals surface area contributed by atoms with Crippen molar-refractivity contribution in [2.75, 3.05) is 12.0 Å². The fraction of sp³-hybridized carbons (Fsp3) is 0.222. The van der Waals surface area contributed by atoms with Gasteiger partial charge >= 0.3 is 0 Å². The van der Waals surface area contributed by atoms with Gasteiger partial charge in [-0.1, -0.05) is 21.6 Å². The molecule has 0 bridgehead atoms. The summed E-state index contributed by atoms with van der Waals surface area (Å²) in [6.45, 7) is 1.82. The van der Waals surface area contributed by atoms with Gasteiger partial charge in [0.05, 0.1) is 5.52 Å². The number of anilines is 1. The first kappa shape index (κ1) is 10.5. The van der Waals surface area contributed by atoms with Crippen LogP contribution in [0.4, 0.5) is 5.82 Å². The molecule has 2 rings (SSSR count). The lowest BCUT2D eigenvalue weighted by molar-refractivity contribution is 1.08. The molecule has 0 aliphatic rings. The summed E-state index contributed by atoms with van der Waals surface area (Å²) >= 11 is 0. The minimum absolute atomic E-state index is 0.443. The summed E-state index contributed by atoms with van der Waals surface area (Å²) in [6, 6.07) is 1.98. The van der Waals surface area contributed by atoms with Gasteiger partial charge in [-0.3, -0.25) is 0 Å². The van der Waals surface area contributed by atoms with Gasteiger partial charge in [-0.05, 0) is 19.2 Å². The van der Waals surface area contributed by atoms with Crippen molar-refractivity contribution in [2.24, 2.45) is 0 Å². The van der Waals surface area contributed by atoms with E-state index in [2.05, 4.69) is 15.0 Å². The molecule has 0 saturated carbocycles. The van der Waals surface area contributed by atoms with E-state index >= 15 is 0 Å². The second-order valence-corrected chi connectivity index (χ2v) is 5.42. The molecule has 6 heteroatoms. The normalized spacial score (nSPS) is 10.8. The van der Waals surface area contributed by atoms with Crippen LogP contribution in [0.15, 0.2) is 17.2 Å². The van der Waals surface area contributed by atoms with E-state index < -0.39 is 0 Å². The van der Waals surface area contributed by atoms with Gasteiger partial charge in [0.15, 0.2) is 5.82 Å². The number of hydrogen-bond acceptors (Lipinski definition) is 6. The number of aryl methyl sites for hydroxylation is 1. The molecule has 2 heterocycles. The minimum atomic E-state index is 0.443. The van der Waals surface area contributed by atoms with Gasteiger partial charge in [0.1, 0.15) is 11.3 Å². The van der Waals surface area contributed by atoms with E-state index in [0.29, 0.717) is 17.2 Å². The first-order chi connectivity index (χ1) is 7.20.